The van der Waals surface area contributed by atoms with E-state index in [2.05, 4.69) is 20.9 Å². The summed E-state index contributed by atoms with van der Waals surface area (Å²) in [7, 11) is 0. The Kier molecular flexibility index (Phi) is 12.6. The van der Waals surface area contributed by atoms with Gasteiger partial charge in [-0.2, -0.15) is 0 Å². The van der Waals surface area contributed by atoms with E-state index in [4.69, 9.17) is 14.7 Å². The van der Waals surface area contributed by atoms with E-state index in [1.807, 2.05) is 24.0 Å². The van der Waals surface area contributed by atoms with Gasteiger partial charge in [0, 0.05) is 95.7 Å². The standard InChI is InChI=1S/C47H56F2N10O6/c1-29-32-8-5-10-34(22-32)47(48,49)24-31-26-55(27-31)14-3-4-20-65-21-7-15-58-43-35(42(51-29)52-30(2)53-43)23-38(45(58)63)56-16-18-57(19-17-56)40(61)25-50-36-11-6-9-33-28-59(46(64)41(33)36)37-12-13-39(60)54-44(37)62/h5-6,8-11,22-23,29,31,37,50H,3-4,7,12-21,24-28H2,1-2H3,(H,51,52,53)(H,54,60,62)/t29-,37?/m1/s1. The molecule has 0 spiro atoms. The molecule has 3 fully saturated rings. The molecule has 8 heterocycles. The Bertz CT molecular complexity index is 2560. The SMILES string of the molecule is Cc1nc2c3cc(N4CCN(C(=O)CNc5cccc6c5C(=O)N(C5CCC(=O)NC5=O)C6)CC4)c(=O)n(c3n1)CCCOCCCCN1CC(C1)CC(F)(F)c1cccc(c1)[C@@H](C)N2. The first-order valence-electron chi connectivity index (χ1n) is 22.8. The minimum absolute atomic E-state index is 0.00769. The lowest BCUT2D eigenvalue weighted by atomic mass is 9.89. The monoisotopic (exact) mass is 894 g/mol. The number of ether oxygens (including phenoxy) is 1. The minimum atomic E-state index is -2.97. The molecule has 0 saturated carbocycles. The third kappa shape index (κ3) is 9.28. The number of alkyl halides is 2. The number of hydrogen-bond donors (Lipinski definition) is 3. The fraction of sp³-hybridized carbons (Fsp3) is 0.511. The normalized spacial score (nSPS) is 24.1. The highest BCUT2D eigenvalue weighted by Gasteiger charge is 2.41. The Labute approximate surface area is 375 Å². The number of nitrogens with zero attached hydrogens (tertiary/aromatic N) is 7. The number of nitrogens with one attached hydrogen (secondary N) is 3. The van der Waals surface area contributed by atoms with Gasteiger partial charge in [0.2, 0.25) is 17.7 Å². The Balaban J connectivity index is 0.922. The summed E-state index contributed by atoms with van der Waals surface area (Å²) in [5.41, 5.74) is 2.99. The average molecular weight is 895 g/mol. The molecule has 2 atom stereocenters. The third-order valence-electron chi connectivity index (χ3n) is 13.4. The molecule has 2 aromatic carbocycles. The number of imide groups is 1. The second-order valence-corrected chi connectivity index (χ2v) is 18.0. The molecule has 18 heteroatoms. The number of carbonyl (C=O) groups is 4. The summed E-state index contributed by atoms with van der Waals surface area (Å²) in [6, 6.07) is 12.6. The lowest BCUT2D eigenvalue weighted by Gasteiger charge is -2.41. The summed E-state index contributed by atoms with van der Waals surface area (Å²) in [5.74, 6) is -3.45. The molecule has 2 aromatic heterocycles. The first kappa shape index (κ1) is 44.2. The lowest BCUT2D eigenvalue weighted by molar-refractivity contribution is -0.137. The molecule has 4 aromatic rings. The topological polar surface area (TPSA) is 174 Å². The zero-order valence-electron chi connectivity index (χ0n) is 36.9. The lowest BCUT2D eigenvalue weighted by Crippen LogP contribution is -2.52. The fourth-order valence-corrected chi connectivity index (χ4v) is 9.88. The van der Waals surface area contributed by atoms with Crippen LogP contribution in [0.3, 0.4) is 0 Å². The number of rotatable bonds is 5. The van der Waals surface area contributed by atoms with Crippen LogP contribution in [0.1, 0.15) is 84.4 Å². The van der Waals surface area contributed by atoms with E-state index < -0.39 is 23.9 Å². The quantitative estimate of drug-likeness (QED) is 0.242. The number of fused-ring (bicyclic) bond motifs is 10. The Morgan fingerprint density at radius 2 is 1.72 bits per heavy atom. The van der Waals surface area contributed by atoms with Crippen LogP contribution < -0.4 is 26.4 Å². The molecular formula is C47H56F2N10O6. The zero-order chi connectivity index (χ0) is 45.4. The van der Waals surface area contributed by atoms with Crippen LogP contribution in [0.15, 0.2) is 53.3 Å². The van der Waals surface area contributed by atoms with Crippen LogP contribution in [-0.2, 0) is 38.1 Å². The molecular weight excluding hydrogens is 839 g/mol. The number of carbonyl (C=O) groups excluding carboxylic acids is 4. The van der Waals surface area contributed by atoms with E-state index in [0.29, 0.717) is 111 Å². The number of benzene rings is 2. The van der Waals surface area contributed by atoms with E-state index in [0.717, 1.165) is 24.9 Å². The van der Waals surface area contributed by atoms with Crippen molar-refractivity contribution in [3.63, 3.8) is 0 Å². The van der Waals surface area contributed by atoms with Crippen LogP contribution >= 0.6 is 0 Å². The van der Waals surface area contributed by atoms with E-state index in [1.165, 1.54) is 11.0 Å². The molecule has 0 radical (unpaired) electrons. The molecule has 3 N–H and O–H groups in total. The molecule has 4 amide bonds. The van der Waals surface area contributed by atoms with Crippen LogP contribution in [0.5, 0.6) is 0 Å². The number of hydrogen-bond acceptors (Lipinski definition) is 12. The Morgan fingerprint density at radius 1 is 0.938 bits per heavy atom. The molecule has 344 valence electrons. The van der Waals surface area contributed by atoms with Gasteiger partial charge >= 0.3 is 0 Å². The van der Waals surface area contributed by atoms with Crippen LogP contribution in [0.25, 0.3) is 11.0 Å². The highest BCUT2D eigenvalue weighted by molar-refractivity contribution is 6.08. The van der Waals surface area contributed by atoms with Crippen LogP contribution in [-0.4, -0.2) is 124 Å². The number of pyridine rings is 1. The number of aromatic nitrogens is 3. The highest BCUT2D eigenvalue weighted by Crippen LogP contribution is 2.39. The maximum atomic E-state index is 15.7. The van der Waals surface area contributed by atoms with Gasteiger partial charge in [-0.1, -0.05) is 30.3 Å². The molecule has 1 unspecified atom stereocenters. The van der Waals surface area contributed by atoms with Gasteiger partial charge in [0.1, 0.15) is 29.0 Å². The van der Waals surface area contributed by atoms with E-state index in [9.17, 15) is 24.0 Å². The summed E-state index contributed by atoms with van der Waals surface area (Å²) in [5, 5.41) is 9.57. The van der Waals surface area contributed by atoms with Crippen molar-refractivity contribution in [1.82, 2.24) is 34.6 Å². The number of aryl methyl sites for hydroxylation is 2. The fourth-order valence-electron chi connectivity index (χ4n) is 9.88. The number of halogens is 2. The molecule has 3 saturated heterocycles. The second-order valence-electron chi connectivity index (χ2n) is 18.0. The molecule has 6 aliphatic heterocycles. The number of piperidine rings is 1. The number of anilines is 3. The summed E-state index contributed by atoms with van der Waals surface area (Å²) >= 11 is 0. The van der Waals surface area contributed by atoms with Gasteiger partial charge in [0.05, 0.1) is 17.5 Å². The van der Waals surface area contributed by atoms with Gasteiger partial charge in [-0.05, 0) is 81.3 Å². The summed E-state index contributed by atoms with van der Waals surface area (Å²) in [6.07, 6.45) is 2.56. The van der Waals surface area contributed by atoms with E-state index in [1.54, 1.807) is 46.7 Å². The summed E-state index contributed by atoms with van der Waals surface area (Å²) in [4.78, 5) is 83.0. The molecule has 6 aliphatic rings. The summed E-state index contributed by atoms with van der Waals surface area (Å²) < 4.78 is 39.1. The van der Waals surface area contributed by atoms with Gasteiger partial charge < -0.3 is 35.0 Å². The Hall–Kier alpha value is -6.01. The van der Waals surface area contributed by atoms with E-state index in [-0.39, 0.29) is 67.1 Å². The largest absolute Gasteiger partial charge is 0.381 e. The van der Waals surface area contributed by atoms with Gasteiger partial charge in [-0.25, -0.2) is 18.7 Å². The van der Waals surface area contributed by atoms with Crippen molar-refractivity contribution in [3.8, 4) is 0 Å². The average Bonchev–Trinajstić information content (AvgIpc) is 3.61. The number of piperazine rings is 1. The molecule has 16 nitrogen and oxygen atoms in total. The van der Waals surface area contributed by atoms with Crippen molar-refractivity contribution in [1.29, 1.82) is 0 Å². The molecule has 8 bridgehead atoms. The Morgan fingerprint density at radius 3 is 2.52 bits per heavy atom. The van der Waals surface area contributed by atoms with Gasteiger partial charge in [-0.15, -0.1) is 0 Å². The first-order valence-corrected chi connectivity index (χ1v) is 22.8. The van der Waals surface area contributed by atoms with Gasteiger partial charge in [0.15, 0.2) is 0 Å². The predicted molar refractivity (Wildman–Crippen MR) is 240 cm³/mol. The molecule has 65 heavy (non-hydrogen) atoms. The third-order valence-corrected chi connectivity index (χ3v) is 13.4. The van der Waals surface area contributed by atoms with E-state index >= 15 is 8.78 Å². The van der Waals surface area contributed by atoms with Crippen LogP contribution in [0.4, 0.5) is 26.0 Å². The predicted octanol–water partition coefficient (Wildman–Crippen LogP) is 4.41. The first-order chi connectivity index (χ1) is 31.3. The minimum Gasteiger partial charge on any atom is -0.381 e. The molecule has 10 rings (SSSR count). The maximum absolute atomic E-state index is 15.7. The van der Waals surface area contributed by atoms with Gasteiger partial charge in [0.25, 0.3) is 17.4 Å². The van der Waals surface area contributed by atoms with Crippen molar-refractivity contribution in [3.05, 3.63) is 87.0 Å². The molecule has 0 aliphatic carbocycles. The zero-order valence-corrected chi connectivity index (χ0v) is 36.9. The maximum Gasteiger partial charge on any atom is 0.275 e. The van der Waals surface area contributed by atoms with Gasteiger partial charge in [-0.3, -0.25) is 33.9 Å². The van der Waals surface area contributed by atoms with Crippen LogP contribution in [0, 0.1) is 12.8 Å². The summed E-state index contributed by atoms with van der Waals surface area (Å²) in [6.45, 7) is 8.83. The van der Waals surface area contributed by atoms with Crippen molar-refractivity contribution < 1.29 is 32.7 Å². The second kappa shape index (κ2) is 18.5. The van der Waals surface area contributed by atoms with Crippen molar-refractivity contribution >= 4 is 51.9 Å². The smallest absolute Gasteiger partial charge is 0.275 e. The van der Waals surface area contributed by atoms with Crippen molar-refractivity contribution in [2.24, 2.45) is 5.92 Å². The van der Waals surface area contributed by atoms with Crippen molar-refractivity contribution in [2.45, 2.75) is 83.5 Å². The van der Waals surface area contributed by atoms with Crippen LogP contribution in [0.2, 0.25) is 0 Å². The van der Waals surface area contributed by atoms with Crippen molar-refractivity contribution in [2.75, 3.05) is 81.1 Å². The highest BCUT2D eigenvalue weighted by atomic mass is 19.3. The number of amides is 4.